The fourth-order valence-corrected chi connectivity index (χ4v) is 1.67. The molecule has 104 valence electrons. The van der Waals surface area contributed by atoms with E-state index >= 15 is 0 Å². The number of benzene rings is 2. The van der Waals surface area contributed by atoms with E-state index in [9.17, 15) is 10.1 Å². The van der Waals surface area contributed by atoms with Crippen molar-refractivity contribution in [3.8, 4) is 17.2 Å². The number of nitro groups is 1. The van der Waals surface area contributed by atoms with E-state index in [0.717, 1.165) is 5.56 Å². The third-order valence-corrected chi connectivity index (χ3v) is 2.71. The summed E-state index contributed by atoms with van der Waals surface area (Å²) in [5, 5.41) is 10.8. The average molecular weight is 274 g/mol. The van der Waals surface area contributed by atoms with Crippen LogP contribution >= 0.6 is 0 Å². The van der Waals surface area contributed by atoms with Gasteiger partial charge in [-0.2, -0.15) is 0 Å². The first kappa shape index (κ1) is 13.8. The lowest BCUT2D eigenvalue weighted by atomic mass is 10.2. The molecule has 0 spiro atoms. The molecular weight excluding hydrogens is 260 g/mol. The van der Waals surface area contributed by atoms with Crippen molar-refractivity contribution in [3.63, 3.8) is 0 Å². The first-order valence-corrected chi connectivity index (χ1v) is 5.92. The molecule has 0 aliphatic heterocycles. The summed E-state index contributed by atoms with van der Waals surface area (Å²) in [4.78, 5) is 10.3. The van der Waals surface area contributed by atoms with Crippen LogP contribution in [0.5, 0.6) is 17.2 Å². The van der Waals surface area contributed by atoms with E-state index < -0.39 is 4.92 Å². The summed E-state index contributed by atoms with van der Waals surface area (Å²) in [6.45, 7) is 0.449. The van der Waals surface area contributed by atoms with Crippen molar-refractivity contribution in [2.45, 2.75) is 6.54 Å². The minimum atomic E-state index is -0.493. The fraction of sp³-hybridized carbons (Fsp3) is 0.143. The Morgan fingerprint density at radius 1 is 1.10 bits per heavy atom. The van der Waals surface area contributed by atoms with Crippen LogP contribution in [0.1, 0.15) is 5.56 Å². The van der Waals surface area contributed by atoms with Gasteiger partial charge in [0.05, 0.1) is 24.2 Å². The normalized spacial score (nSPS) is 10.1. The number of ether oxygens (including phenoxy) is 2. The van der Waals surface area contributed by atoms with Crippen molar-refractivity contribution in [1.82, 2.24) is 0 Å². The monoisotopic (exact) mass is 274 g/mol. The zero-order valence-electron chi connectivity index (χ0n) is 10.9. The van der Waals surface area contributed by atoms with Crippen LogP contribution in [-0.2, 0) is 6.54 Å². The van der Waals surface area contributed by atoms with E-state index in [1.165, 1.54) is 19.2 Å². The standard InChI is InChI=1S/C14H14N2O4/c1-19-13-6-11(16(17)18)7-14(8-13)20-12-4-2-10(9-15)3-5-12/h2-8H,9,15H2,1H3. The molecule has 0 fully saturated rings. The van der Waals surface area contributed by atoms with E-state index in [1.54, 1.807) is 18.2 Å². The van der Waals surface area contributed by atoms with Crippen LogP contribution in [0.2, 0.25) is 0 Å². The van der Waals surface area contributed by atoms with Crippen molar-refractivity contribution in [3.05, 3.63) is 58.1 Å². The van der Waals surface area contributed by atoms with Crippen LogP contribution in [0.25, 0.3) is 0 Å². The third kappa shape index (κ3) is 3.24. The summed E-state index contributed by atoms with van der Waals surface area (Å²) in [5.41, 5.74) is 6.41. The molecule has 0 aliphatic carbocycles. The number of non-ortho nitro benzene ring substituents is 1. The zero-order chi connectivity index (χ0) is 14.5. The second-order valence-electron chi connectivity index (χ2n) is 4.07. The van der Waals surface area contributed by atoms with Gasteiger partial charge in [-0.15, -0.1) is 0 Å². The maximum absolute atomic E-state index is 10.8. The largest absolute Gasteiger partial charge is 0.496 e. The van der Waals surface area contributed by atoms with Gasteiger partial charge in [-0.25, -0.2) is 0 Å². The van der Waals surface area contributed by atoms with Gasteiger partial charge < -0.3 is 15.2 Å². The summed E-state index contributed by atoms with van der Waals surface area (Å²) in [6.07, 6.45) is 0. The number of hydrogen-bond acceptors (Lipinski definition) is 5. The van der Waals surface area contributed by atoms with Crippen LogP contribution < -0.4 is 15.2 Å². The lowest BCUT2D eigenvalue weighted by molar-refractivity contribution is -0.385. The van der Waals surface area contributed by atoms with Gasteiger partial charge in [-0.05, 0) is 17.7 Å². The Kier molecular flexibility index (Phi) is 4.17. The van der Waals surface area contributed by atoms with Crippen LogP contribution in [0.4, 0.5) is 5.69 Å². The smallest absolute Gasteiger partial charge is 0.276 e. The molecule has 6 heteroatoms. The van der Waals surface area contributed by atoms with Gasteiger partial charge in [0, 0.05) is 12.6 Å². The molecule has 0 aliphatic rings. The molecule has 6 nitrogen and oxygen atoms in total. The van der Waals surface area contributed by atoms with E-state index in [-0.39, 0.29) is 5.69 Å². The molecule has 0 atom stereocenters. The lowest BCUT2D eigenvalue weighted by Gasteiger charge is -2.08. The predicted octanol–water partition coefficient (Wildman–Crippen LogP) is 2.85. The molecule has 2 N–H and O–H groups in total. The van der Waals surface area contributed by atoms with E-state index in [2.05, 4.69) is 0 Å². The molecule has 2 aromatic rings. The Balaban J connectivity index is 2.27. The number of nitro benzene ring substituents is 1. The maximum Gasteiger partial charge on any atom is 0.276 e. The highest BCUT2D eigenvalue weighted by Crippen LogP contribution is 2.30. The predicted molar refractivity (Wildman–Crippen MR) is 74.1 cm³/mol. The summed E-state index contributed by atoms with van der Waals surface area (Å²) < 4.78 is 10.6. The molecule has 0 radical (unpaired) electrons. The summed E-state index contributed by atoms with van der Waals surface area (Å²) in [6, 6.07) is 11.5. The second-order valence-corrected chi connectivity index (χ2v) is 4.07. The highest BCUT2D eigenvalue weighted by atomic mass is 16.6. The molecule has 0 saturated heterocycles. The van der Waals surface area contributed by atoms with E-state index in [1.807, 2.05) is 12.1 Å². The second kappa shape index (κ2) is 6.03. The third-order valence-electron chi connectivity index (χ3n) is 2.71. The van der Waals surface area contributed by atoms with Crippen molar-refractivity contribution < 1.29 is 14.4 Å². The van der Waals surface area contributed by atoms with Crippen molar-refractivity contribution in [1.29, 1.82) is 0 Å². The van der Waals surface area contributed by atoms with Gasteiger partial charge in [0.25, 0.3) is 5.69 Å². The Bertz CT molecular complexity index is 611. The van der Waals surface area contributed by atoms with Crippen LogP contribution in [0.15, 0.2) is 42.5 Å². The van der Waals surface area contributed by atoms with Gasteiger partial charge in [0.2, 0.25) is 0 Å². The maximum atomic E-state index is 10.8. The molecule has 0 heterocycles. The molecule has 0 bridgehead atoms. The van der Waals surface area contributed by atoms with Gasteiger partial charge >= 0.3 is 0 Å². The SMILES string of the molecule is COc1cc(Oc2ccc(CN)cc2)cc([N+](=O)[O-])c1. The molecule has 0 aromatic heterocycles. The number of hydrogen-bond donors (Lipinski definition) is 1. The van der Waals surface area contributed by atoms with Crippen molar-refractivity contribution in [2.75, 3.05) is 7.11 Å². The summed E-state index contributed by atoms with van der Waals surface area (Å²) in [7, 11) is 1.44. The van der Waals surface area contributed by atoms with Crippen LogP contribution in [0.3, 0.4) is 0 Å². The van der Waals surface area contributed by atoms with E-state index in [0.29, 0.717) is 23.8 Å². The van der Waals surface area contributed by atoms with Gasteiger partial charge in [-0.1, -0.05) is 12.1 Å². The Labute approximate surface area is 115 Å². The number of nitrogens with two attached hydrogens (primary N) is 1. The Hall–Kier alpha value is -2.60. The minimum absolute atomic E-state index is 0.0853. The topological polar surface area (TPSA) is 87.6 Å². The highest BCUT2D eigenvalue weighted by molar-refractivity contribution is 5.47. The van der Waals surface area contributed by atoms with Gasteiger partial charge in [-0.3, -0.25) is 10.1 Å². The molecule has 0 unspecified atom stereocenters. The summed E-state index contributed by atoms with van der Waals surface area (Å²) >= 11 is 0. The molecule has 2 rings (SSSR count). The van der Waals surface area contributed by atoms with Gasteiger partial charge in [0.1, 0.15) is 17.2 Å². The van der Waals surface area contributed by atoms with Crippen LogP contribution in [-0.4, -0.2) is 12.0 Å². The minimum Gasteiger partial charge on any atom is -0.496 e. The van der Waals surface area contributed by atoms with Crippen LogP contribution in [0, 0.1) is 10.1 Å². The Morgan fingerprint density at radius 3 is 2.30 bits per heavy atom. The number of nitrogens with zero attached hydrogens (tertiary/aromatic N) is 1. The number of rotatable bonds is 5. The first-order valence-electron chi connectivity index (χ1n) is 5.92. The molecule has 0 amide bonds. The van der Waals surface area contributed by atoms with E-state index in [4.69, 9.17) is 15.2 Å². The molecular formula is C14H14N2O4. The van der Waals surface area contributed by atoms with Crippen molar-refractivity contribution in [2.24, 2.45) is 5.73 Å². The Morgan fingerprint density at radius 2 is 1.75 bits per heavy atom. The highest BCUT2D eigenvalue weighted by Gasteiger charge is 2.11. The first-order chi connectivity index (χ1) is 9.62. The van der Waals surface area contributed by atoms with Crippen molar-refractivity contribution >= 4 is 5.69 Å². The summed E-state index contributed by atoms with van der Waals surface area (Å²) in [5.74, 6) is 1.29. The lowest BCUT2D eigenvalue weighted by Crippen LogP contribution is -1.95. The average Bonchev–Trinajstić information content (AvgIpc) is 2.47. The van der Waals surface area contributed by atoms with Gasteiger partial charge in [0.15, 0.2) is 0 Å². The number of methoxy groups -OCH3 is 1. The fourth-order valence-electron chi connectivity index (χ4n) is 1.67. The quantitative estimate of drug-likeness (QED) is 0.669. The molecule has 2 aromatic carbocycles. The molecule has 20 heavy (non-hydrogen) atoms. The molecule has 0 saturated carbocycles. The zero-order valence-corrected chi connectivity index (χ0v) is 10.9.